The van der Waals surface area contributed by atoms with Crippen molar-refractivity contribution in [3.05, 3.63) is 27.1 Å². The molecule has 0 atom stereocenters. The maximum absolute atomic E-state index is 10.6. The molecule has 0 aliphatic rings. The molecule has 10 heavy (non-hydrogen) atoms. The molecule has 0 spiro atoms. The average Bonchev–Trinajstić information content (AvgIpc) is 1.82. The van der Waals surface area contributed by atoms with E-state index in [1.807, 2.05) is 0 Å². The van der Waals surface area contributed by atoms with E-state index in [2.05, 4.69) is 4.98 Å². The molecule has 0 saturated heterocycles. The van der Waals surface area contributed by atoms with Crippen molar-refractivity contribution in [2.45, 2.75) is 6.92 Å². The zero-order chi connectivity index (χ0) is 7.72. The number of nitrogens with one attached hydrogen (secondary N) is 1. The third-order valence-corrected chi connectivity index (χ3v) is 1.66. The molecule has 0 bridgehead atoms. The van der Waals surface area contributed by atoms with E-state index in [-0.39, 0.29) is 5.56 Å². The second-order valence-corrected chi connectivity index (χ2v) is 2.41. The molecule has 3 nitrogen and oxygen atoms in total. The monoisotopic (exact) mass is 158 g/mol. The number of H-pyrrole nitrogens is 1. The number of aromatic amines is 1. The Morgan fingerprint density at radius 1 is 1.70 bits per heavy atom. The lowest BCUT2D eigenvalue weighted by Crippen LogP contribution is -2.07. The van der Waals surface area contributed by atoms with Crippen LogP contribution in [0.5, 0.6) is 0 Å². The number of halogens is 1. The quantitative estimate of drug-likeness (QED) is 0.552. The van der Waals surface area contributed by atoms with Crippen LogP contribution in [-0.2, 0) is 0 Å². The van der Waals surface area contributed by atoms with E-state index in [1.165, 1.54) is 6.07 Å². The molecular weight excluding hydrogens is 152 g/mol. The predicted molar refractivity (Wildman–Crippen MR) is 41.2 cm³/mol. The molecule has 0 fully saturated rings. The maximum Gasteiger partial charge on any atom is 0.251 e. The zero-order valence-corrected chi connectivity index (χ0v) is 6.20. The van der Waals surface area contributed by atoms with Crippen LogP contribution in [0.4, 0.5) is 5.69 Å². The first-order valence-corrected chi connectivity index (χ1v) is 3.14. The largest absolute Gasteiger partial charge is 0.398 e. The Labute approximate surface area is 62.8 Å². The first kappa shape index (κ1) is 7.15. The van der Waals surface area contributed by atoms with Gasteiger partial charge in [0.05, 0.1) is 0 Å². The normalized spacial score (nSPS) is 9.80. The fourth-order valence-electron chi connectivity index (χ4n) is 0.614. The van der Waals surface area contributed by atoms with Gasteiger partial charge < -0.3 is 10.7 Å². The molecule has 1 aromatic rings. The van der Waals surface area contributed by atoms with Crippen molar-refractivity contribution in [3.8, 4) is 0 Å². The van der Waals surface area contributed by atoms with Gasteiger partial charge in [-0.2, -0.15) is 0 Å². The molecule has 54 valence electrons. The highest BCUT2D eigenvalue weighted by Crippen LogP contribution is 2.14. The predicted octanol–water partition coefficient (Wildman–Crippen LogP) is 0.919. The third kappa shape index (κ3) is 1.14. The van der Waals surface area contributed by atoms with E-state index in [9.17, 15) is 4.79 Å². The summed E-state index contributed by atoms with van der Waals surface area (Å²) in [6.45, 7) is 1.74. The smallest absolute Gasteiger partial charge is 0.251 e. The van der Waals surface area contributed by atoms with Crippen molar-refractivity contribution < 1.29 is 0 Å². The standard InChI is InChI=1S/C6H7ClN2O/c1-3-4(8)2-5(10)9-6(3)7/h2H,1H3,(H3,8,9,10). The lowest BCUT2D eigenvalue weighted by Gasteiger charge is -1.98. The summed E-state index contributed by atoms with van der Waals surface area (Å²) in [5.74, 6) is 0. The second kappa shape index (κ2) is 2.34. The highest BCUT2D eigenvalue weighted by molar-refractivity contribution is 6.30. The van der Waals surface area contributed by atoms with Gasteiger partial charge in [0.2, 0.25) is 0 Å². The van der Waals surface area contributed by atoms with Gasteiger partial charge in [-0.25, -0.2) is 0 Å². The van der Waals surface area contributed by atoms with E-state index < -0.39 is 0 Å². The van der Waals surface area contributed by atoms with Crippen LogP contribution in [0.25, 0.3) is 0 Å². The number of nitrogen functional groups attached to an aromatic ring is 1. The molecule has 0 radical (unpaired) electrons. The van der Waals surface area contributed by atoms with E-state index in [0.29, 0.717) is 16.4 Å². The summed E-state index contributed by atoms with van der Waals surface area (Å²) < 4.78 is 0. The Hall–Kier alpha value is -0.960. The van der Waals surface area contributed by atoms with Crippen LogP contribution in [-0.4, -0.2) is 4.98 Å². The Kier molecular flexibility index (Phi) is 1.68. The topological polar surface area (TPSA) is 58.9 Å². The van der Waals surface area contributed by atoms with Crippen molar-refractivity contribution in [2.75, 3.05) is 5.73 Å². The van der Waals surface area contributed by atoms with Gasteiger partial charge in [0.15, 0.2) is 0 Å². The Balaban J connectivity index is 3.46. The second-order valence-electron chi connectivity index (χ2n) is 2.03. The zero-order valence-electron chi connectivity index (χ0n) is 5.44. The van der Waals surface area contributed by atoms with Gasteiger partial charge in [-0.1, -0.05) is 11.6 Å². The summed E-state index contributed by atoms with van der Waals surface area (Å²) >= 11 is 5.58. The number of pyridine rings is 1. The molecule has 1 aromatic heterocycles. The number of hydrogen-bond donors (Lipinski definition) is 2. The Morgan fingerprint density at radius 2 is 2.30 bits per heavy atom. The van der Waals surface area contributed by atoms with Gasteiger partial charge in [-0.15, -0.1) is 0 Å². The van der Waals surface area contributed by atoms with Crippen molar-refractivity contribution in [2.24, 2.45) is 0 Å². The molecular formula is C6H7ClN2O. The van der Waals surface area contributed by atoms with Crippen LogP contribution in [0.1, 0.15) is 5.56 Å². The summed E-state index contributed by atoms with van der Waals surface area (Å²) in [6.07, 6.45) is 0. The van der Waals surface area contributed by atoms with Crippen molar-refractivity contribution in [1.82, 2.24) is 4.98 Å². The van der Waals surface area contributed by atoms with Gasteiger partial charge in [0.1, 0.15) is 5.15 Å². The van der Waals surface area contributed by atoms with Crippen LogP contribution in [0.2, 0.25) is 5.15 Å². The van der Waals surface area contributed by atoms with E-state index in [4.69, 9.17) is 17.3 Å². The molecule has 0 amide bonds. The van der Waals surface area contributed by atoms with Crippen LogP contribution >= 0.6 is 11.6 Å². The van der Waals surface area contributed by atoms with Crippen LogP contribution in [0.15, 0.2) is 10.9 Å². The summed E-state index contributed by atoms with van der Waals surface area (Å²) in [5.41, 5.74) is 6.28. The first-order valence-electron chi connectivity index (χ1n) is 2.76. The third-order valence-electron chi connectivity index (χ3n) is 1.28. The minimum Gasteiger partial charge on any atom is -0.398 e. The van der Waals surface area contributed by atoms with Gasteiger partial charge >= 0.3 is 0 Å². The molecule has 1 heterocycles. The molecule has 1 rings (SSSR count). The van der Waals surface area contributed by atoms with Gasteiger partial charge in [-0.3, -0.25) is 4.79 Å². The highest BCUT2D eigenvalue weighted by Gasteiger charge is 1.99. The molecule has 4 heteroatoms. The number of nitrogens with two attached hydrogens (primary N) is 1. The molecule has 0 aromatic carbocycles. The summed E-state index contributed by atoms with van der Waals surface area (Å²) in [4.78, 5) is 13.1. The fourth-order valence-corrected chi connectivity index (χ4v) is 0.816. The average molecular weight is 159 g/mol. The summed E-state index contributed by atoms with van der Waals surface area (Å²) in [7, 11) is 0. The Bertz CT molecular complexity index is 279. The lowest BCUT2D eigenvalue weighted by molar-refractivity contribution is 1.20. The van der Waals surface area contributed by atoms with E-state index >= 15 is 0 Å². The molecule has 0 unspecified atom stereocenters. The number of aromatic nitrogens is 1. The highest BCUT2D eigenvalue weighted by atomic mass is 35.5. The van der Waals surface area contributed by atoms with E-state index in [0.717, 1.165) is 0 Å². The SMILES string of the molecule is Cc1c(N)cc(=O)[nH]c1Cl. The molecule has 3 N–H and O–H groups in total. The molecule has 0 saturated carbocycles. The Morgan fingerprint density at radius 3 is 2.80 bits per heavy atom. The maximum atomic E-state index is 10.6. The molecule has 0 aliphatic heterocycles. The van der Waals surface area contributed by atoms with Crippen LogP contribution < -0.4 is 11.3 Å². The van der Waals surface area contributed by atoms with Gasteiger partial charge in [0.25, 0.3) is 5.56 Å². The fraction of sp³-hybridized carbons (Fsp3) is 0.167. The van der Waals surface area contributed by atoms with Crippen molar-refractivity contribution in [3.63, 3.8) is 0 Å². The first-order chi connectivity index (χ1) is 4.61. The number of anilines is 1. The van der Waals surface area contributed by atoms with Crippen LogP contribution in [0.3, 0.4) is 0 Å². The molecule has 0 aliphatic carbocycles. The number of rotatable bonds is 0. The minimum atomic E-state index is -0.270. The summed E-state index contributed by atoms with van der Waals surface area (Å²) in [6, 6.07) is 1.31. The summed E-state index contributed by atoms with van der Waals surface area (Å²) in [5, 5.41) is 0.310. The van der Waals surface area contributed by atoms with Gasteiger partial charge in [0, 0.05) is 17.3 Å². The van der Waals surface area contributed by atoms with Crippen molar-refractivity contribution >= 4 is 17.3 Å². The minimum absolute atomic E-state index is 0.270. The van der Waals surface area contributed by atoms with Crippen molar-refractivity contribution in [1.29, 1.82) is 0 Å². The lowest BCUT2D eigenvalue weighted by atomic mass is 10.3. The number of hydrogen-bond acceptors (Lipinski definition) is 2. The van der Waals surface area contributed by atoms with E-state index in [1.54, 1.807) is 6.92 Å². The van der Waals surface area contributed by atoms with Gasteiger partial charge in [-0.05, 0) is 6.92 Å². The van der Waals surface area contributed by atoms with Crippen LogP contribution in [0, 0.1) is 6.92 Å².